The SMILES string of the molecule is CCCCCCC=CCOc1ccc(C#Cc2ccc(OCCCC)cc2)cc1. The highest BCUT2D eigenvalue weighted by atomic mass is 16.5. The molecule has 0 saturated carbocycles. The minimum Gasteiger partial charge on any atom is -0.494 e. The third-order valence-corrected chi connectivity index (χ3v) is 4.56. The summed E-state index contributed by atoms with van der Waals surface area (Å²) in [5, 5.41) is 0. The van der Waals surface area contributed by atoms with E-state index < -0.39 is 0 Å². The van der Waals surface area contributed by atoms with Gasteiger partial charge in [0.2, 0.25) is 0 Å². The molecule has 0 heterocycles. The van der Waals surface area contributed by atoms with Gasteiger partial charge in [-0.05, 0) is 67.8 Å². The lowest BCUT2D eigenvalue weighted by Crippen LogP contribution is -1.95. The Morgan fingerprint density at radius 2 is 1.24 bits per heavy atom. The van der Waals surface area contributed by atoms with E-state index in [9.17, 15) is 0 Å². The molecular formula is C27H34O2. The second-order valence-electron chi connectivity index (χ2n) is 7.13. The van der Waals surface area contributed by atoms with Gasteiger partial charge in [0.25, 0.3) is 0 Å². The Morgan fingerprint density at radius 3 is 1.83 bits per heavy atom. The van der Waals surface area contributed by atoms with Gasteiger partial charge in [0, 0.05) is 11.1 Å². The first-order valence-corrected chi connectivity index (χ1v) is 10.9. The average Bonchev–Trinajstić information content (AvgIpc) is 2.76. The number of rotatable bonds is 12. The Balaban J connectivity index is 1.74. The van der Waals surface area contributed by atoms with Crippen LogP contribution in [-0.4, -0.2) is 13.2 Å². The summed E-state index contributed by atoms with van der Waals surface area (Å²) in [6.07, 6.45) is 12.9. The molecule has 2 rings (SSSR count). The summed E-state index contributed by atoms with van der Waals surface area (Å²) in [6.45, 7) is 5.78. The van der Waals surface area contributed by atoms with Crippen LogP contribution in [0.2, 0.25) is 0 Å². The van der Waals surface area contributed by atoms with Gasteiger partial charge in [0.1, 0.15) is 18.1 Å². The maximum Gasteiger partial charge on any atom is 0.119 e. The second-order valence-corrected chi connectivity index (χ2v) is 7.13. The summed E-state index contributed by atoms with van der Waals surface area (Å²) in [5.41, 5.74) is 1.96. The van der Waals surface area contributed by atoms with Crippen molar-refractivity contribution in [2.45, 2.75) is 58.8 Å². The van der Waals surface area contributed by atoms with Crippen molar-refractivity contribution in [2.24, 2.45) is 0 Å². The number of unbranched alkanes of at least 4 members (excludes halogenated alkanes) is 5. The zero-order valence-electron chi connectivity index (χ0n) is 18.0. The van der Waals surface area contributed by atoms with E-state index in [1.807, 2.05) is 48.5 Å². The molecule has 2 nitrogen and oxygen atoms in total. The van der Waals surface area contributed by atoms with E-state index >= 15 is 0 Å². The second kappa shape index (κ2) is 14.4. The molecule has 29 heavy (non-hydrogen) atoms. The van der Waals surface area contributed by atoms with Crippen molar-refractivity contribution in [1.29, 1.82) is 0 Å². The fourth-order valence-electron chi connectivity index (χ4n) is 2.77. The Labute approximate surface area is 176 Å². The van der Waals surface area contributed by atoms with Crippen LogP contribution in [0.1, 0.15) is 69.9 Å². The van der Waals surface area contributed by atoms with Crippen molar-refractivity contribution in [1.82, 2.24) is 0 Å². The smallest absolute Gasteiger partial charge is 0.119 e. The predicted octanol–water partition coefficient (Wildman–Crippen LogP) is 7.17. The fourth-order valence-corrected chi connectivity index (χ4v) is 2.77. The molecule has 0 bridgehead atoms. The summed E-state index contributed by atoms with van der Waals surface area (Å²) in [5.74, 6) is 8.18. The molecule has 0 spiro atoms. The zero-order valence-corrected chi connectivity index (χ0v) is 18.0. The van der Waals surface area contributed by atoms with E-state index in [-0.39, 0.29) is 0 Å². The Morgan fingerprint density at radius 1 is 0.655 bits per heavy atom. The Hall–Kier alpha value is -2.66. The van der Waals surface area contributed by atoms with Crippen molar-refractivity contribution in [3.8, 4) is 23.3 Å². The standard InChI is InChI=1S/C27H34O2/c1-3-5-7-8-9-10-11-23-29-27-20-16-25(17-21-27)13-12-24-14-18-26(19-15-24)28-22-6-4-2/h10-11,14-21H,3-9,22-23H2,1-2H3. The third kappa shape index (κ3) is 9.90. The molecule has 154 valence electrons. The molecule has 2 heteroatoms. The van der Waals surface area contributed by atoms with Crippen LogP contribution in [0.3, 0.4) is 0 Å². The average molecular weight is 391 g/mol. The molecular weight excluding hydrogens is 356 g/mol. The lowest BCUT2D eigenvalue weighted by atomic mass is 10.1. The summed E-state index contributed by atoms with van der Waals surface area (Å²) in [4.78, 5) is 0. The van der Waals surface area contributed by atoms with Gasteiger partial charge >= 0.3 is 0 Å². The number of allylic oxidation sites excluding steroid dienone is 1. The Kier molecular flexibility index (Phi) is 11.2. The fraction of sp³-hybridized carbons (Fsp3) is 0.407. The molecule has 0 N–H and O–H groups in total. The van der Waals surface area contributed by atoms with E-state index in [1.165, 1.54) is 25.7 Å². The van der Waals surface area contributed by atoms with Crippen molar-refractivity contribution >= 4 is 0 Å². The van der Waals surface area contributed by atoms with Crippen molar-refractivity contribution in [3.63, 3.8) is 0 Å². The predicted molar refractivity (Wildman–Crippen MR) is 123 cm³/mol. The van der Waals surface area contributed by atoms with Gasteiger partial charge in [-0.1, -0.05) is 63.5 Å². The van der Waals surface area contributed by atoms with Gasteiger partial charge in [0.15, 0.2) is 0 Å². The van der Waals surface area contributed by atoms with Gasteiger partial charge in [0.05, 0.1) is 6.61 Å². The molecule has 0 aliphatic carbocycles. The van der Waals surface area contributed by atoms with Crippen molar-refractivity contribution in [2.75, 3.05) is 13.2 Å². The molecule has 0 radical (unpaired) electrons. The van der Waals surface area contributed by atoms with E-state index in [0.29, 0.717) is 6.61 Å². The number of hydrogen-bond donors (Lipinski definition) is 0. The minimum absolute atomic E-state index is 0.617. The van der Waals surface area contributed by atoms with E-state index in [2.05, 4.69) is 37.8 Å². The molecule has 2 aromatic carbocycles. The lowest BCUT2D eigenvalue weighted by Gasteiger charge is -2.04. The van der Waals surface area contributed by atoms with Crippen LogP contribution in [0.4, 0.5) is 0 Å². The van der Waals surface area contributed by atoms with E-state index in [4.69, 9.17) is 9.47 Å². The number of benzene rings is 2. The maximum absolute atomic E-state index is 5.76. The van der Waals surface area contributed by atoms with E-state index in [1.54, 1.807) is 0 Å². The van der Waals surface area contributed by atoms with Crippen LogP contribution >= 0.6 is 0 Å². The largest absolute Gasteiger partial charge is 0.494 e. The molecule has 2 aromatic rings. The van der Waals surface area contributed by atoms with Gasteiger partial charge in [-0.25, -0.2) is 0 Å². The first kappa shape index (κ1) is 22.6. The number of hydrogen-bond acceptors (Lipinski definition) is 2. The summed E-state index contributed by atoms with van der Waals surface area (Å²) in [6, 6.07) is 15.9. The van der Waals surface area contributed by atoms with Crippen LogP contribution in [0.15, 0.2) is 60.7 Å². The highest BCUT2D eigenvalue weighted by Gasteiger charge is 1.95. The lowest BCUT2D eigenvalue weighted by molar-refractivity contribution is 0.309. The molecule has 0 fully saturated rings. The quantitative estimate of drug-likeness (QED) is 0.217. The Bertz CT molecular complexity index is 761. The van der Waals surface area contributed by atoms with Crippen molar-refractivity contribution < 1.29 is 9.47 Å². The van der Waals surface area contributed by atoms with Crippen LogP contribution < -0.4 is 9.47 Å². The highest BCUT2D eigenvalue weighted by Crippen LogP contribution is 2.14. The topological polar surface area (TPSA) is 18.5 Å². The first-order valence-electron chi connectivity index (χ1n) is 10.9. The van der Waals surface area contributed by atoms with Crippen molar-refractivity contribution in [3.05, 3.63) is 71.8 Å². The number of ether oxygens (including phenoxy) is 2. The molecule has 0 aliphatic heterocycles. The van der Waals surface area contributed by atoms with Crippen LogP contribution in [0.25, 0.3) is 0 Å². The molecule has 0 saturated heterocycles. The van der Waals surface area contributed by atoms with Gasteiger partial charge in [-0.15, -0.1) is 0 Å². The minimum atomic E-state index is 0.617. The molecule has 0 atom stereocenters. The molecule has 0 aromatic heterocycles. The molecule has 0 amide bonds. The van der Waals surface area contributed by atoms with E-state index in [0.717, 1.165) is 48.5 Å². The summed E-state index contributed by atoms with van der Waals surface area (Å²) < 4.78 is 11.4. The first-order chi connectivity index (χ1) is 14.3. The van der Waals surface area contributed by atoms with Gasteiger partial charge < -0.3 is 9.47 Å². The molecule has 0 aliphatic rings. The maximum atomic E-state index is 5.76. The van der Waals surface area contributed by atoms with Crippen LogP contribution in [0.5, 0.6) is 11.5 Å². The monoisotopic (exact) mass is 390 g/mol. The van der Waals surface area contributed by atoms with Crippen LogP contribution in [0, 0.1) is 11.8 Å². The molecule has 0 unspecified atom stereocenters. The normalized spacial score (nSPS) is 10.6. The third-order valence-electron chi connectivity index (χ3n) is 4.56. The van der Waals surface area contributed by atoms with Crippen LogP contribution in [-0.2, 0) is 0 Å². The van der Waals surface area contributed by atoms with Gasteiger partial charge in [-0.3, -0.25) is 0 Å². The summed E-state index contributed by atoms with van der Waals surface area (Å²) in [7, 11) is 0. The zero-order chi connectivity index (χ0) is 20.6. The van der Waals surface area contributed by atoms with Gasteiger partial charge in [-0.2, -0.15) is 0 Å². The summed E-state index contributed by atoms with van der Waals surface area (Å²) >= 11 is 0. The highest BCUT2D eigenvalue weighted by molar-refractivity contribution is 5.45.